The van der Waals surface area contributed by atoms with Crippen molar-refractivity contribution in [3.8, 4) is 0 Å². The van der Waals surface area contributed by atoms with E-state index in [1.165, 1.54) is 24.5 Å². The molecule has 0 fully saturated rings. The lowest BCUT2D eigenvalue weighted by Gasteiger charge is -2.22. The summed E-state index contributed by atoms with van der Waals surface area (Å²) in [6.07, 6.45) is 1.46. The highest BCUT2D eigenvalue weighted by atomic mass is 79.9. The van der Waals surface area contributed by atoms with Crippen LogP contribution in [0.3, 0.4) is 0 Å². The number of aromatic carboxylic acids is 1. The molecule has 1 aromatic heterocycles. The zero-order valence-corrected chi connectivity index (χ0v) is 15.9. The molecule has 0 aliphatic rings. The number of nitrogens with zero attached hydrogens (tertiary/aromatic N) is 2. The highest BCUT2D eigenvalue weighted by Gasteiger charge is 2.25. The van der Waals surface area contributed by atoms with E-state index in [9.17, 15) is 14.3 Å². The lowest BCUT2D eigenvalue weighted by atomic mass is 9.49. The zero-order chi connectivity index (χ0) is 19.2. The average Bonchev–Trinajstić information content (AvgIpc) is 2.96. The minimum Gasteiger partial charge on any atom is -0.478 e. The van der Waals surface area contributed by atoms with Gasteiger partial charge in [-0.05, 0) is 29.5 Å². The lowest BCUT2D eigenvalue weighted by molar-refractivity contribution is 0.0697. The van der Waals surface area contributed by atoms with Crippen molar-refractivity contribution in [2.45, 2.75) is 5.24 Å². The molecule has 0 spiro atoms. The van der Waals surface area contributed by atoms with E-state index in [0.29, 0.717) is 9.99 Å². The summed E-state index contributed by atoms with van der Waals surface area (Å²) in [7, 11) is 5.70. The molecular formula is C15H13B3BrF2N3O2. The van der Waals surface area contributed by atoms with Crippen molar-refractivity contribution in [3.63, 3.8) is 0 Å². The number of halogens is 3. The molecule has 3 rings (SSSR count). The minimum absolute atomic E-state index is 0.0185. The summed E-state index contributed by atoms with van der Waals surface area (Å²) in [5, 5.41) is 11.7. The van der Waals surface area contributed by atoms with Gasteiger partial charge in [-0.1, -0.05) is 15.9 Å². The van der Waals surface area contributed by atoms with Crippen LogP contribution in [-0.4, -0.2) is 44.2 Å². The molecule has 0 aliphatic carbocycles. The Kier molecular flexibility index (Phi) is 4.60. The number of imidazole rings is 1. The summed E-state index contributed by atoms with van der Waals surface area (Å²) in [5.41, 5.74) is -0.294. The van der Waals surface area contributed by atoms with Crippen molar-refractivity contribution in [3.05, 3.63) is 52.3 Å². The summed E-state index contributed by atoms with van der Waals surface area (Å²) in [6, 6.07) is 5.50. The molecule has 2 aromatic carbocycles. The van der Waals surface area contributed by atoms with Gasteiger partial charge in [0.2, 0.25) is 0 Å². The summed E-state index contributed by atoms with van der Waals surface area (Å²) in [4.78, 5) is 15.8. The number of anilines is 2. The topological polar surface area (TPSA) is 67.2 Å². The maximum absolute atomic E-state index is 15.1. The molecule has 0 radical (unpaired) electrons. The first-order valence-corrected chi connectivity index (χ1v) is 8.54. The fourth-order valence-electron chi connectivity index (χ4n) is 2.66. The second-order valence-corrected chi connectivity index (χ2v) is 7.74. The van der Waals surface area contributed by atoms with Crippen LogP contribution >= 0.6 is 15.9 Å². The average molecular weight is 418 g/mol. The summed E-state index contributed by atoms with van der Waals surface area (Å²) in [5.74, 6) is -2.81. The summed E-state index contributed by atoms with van der Waals surface area (Å²) >= 11 is 3.14. The van der Waals surface area contributed by atoms with Crippen molar-refractivity contribution in [2.75, 3.05) is 5.32 Å². The highest BCUT2D eigenvalue weighted by Crippen LogP contribution is 2.33. The molecule has 1 heterocycles. The molecular weight excluding hydrogens is 405 g/mol. The SMILES string of the molecule is BC(B)(B)n1cnc2c(F)c(Nc3ccc(Br)cc3F)c(C(=O)O)cc21. The van der Waals surface area contributed by atoms with Gasteiger partial charge in [0.05, 0.1) is 28.8 Å². The number of carboxylic acids is 1. The van der Waals surface area contributed by atoms with E-state index in [-0.39, 0.29) is 22.5 Å². The quantitative estimate of drug-likeness (QED) is 0.621. The summed E-state index contributed by atoms with van der Waals surface area (Å²) in [6.45, 7) is 0. The van der Waals surface area contributed by atoms with Crippen molar-refractivity contribution < 1.29 is 18.7 Å². The third-order valence-corrected chi connectivity index (χ3v) is 4.42. The first-order chi connectivity index (χ1) is 12.1. The third-order valence-electron chi connectivity index (χ3n) is 3.93. The normalized spacial score (nSPS) is 11.7. The number of aromatic nitrogens is 2. The number of fused-ring (bicyclic) bond motifs is 1. The third kappa shape index (κ3) is 3.23. The number of hydrogen-bond acceptors (Lipinski definition) is 3. The molecule has 130 valence electrons. The van der Waals surface area contributed by atoms with E-state index >= 15 is 4.39 Å². The van der Waals surface area contributed by atoms with Gasteiger partial charge in [0.15, 0.2) is 5.82 Å². The smallest absolute Gasteiger partial charge is 0.338 e. The second-order valence-electron chi connectivity index (χ2n) is 6.82. The van der Waals surface area contributed by atoms with Crippen LogP contribution in [0, 0.1) is 11.6 Å². The Morgan fingerprint density at radius 1 is 1.27 bits per heavy atom. The monoisotopic (exact) mass is 417 g/mol. The van der Waals surface area contributed by atoms with Crippen molar-refractivity contribution in [1.82, 2.24) is 9.55 Å². The molecule has 11 heteroatoms. The molecule has 0 bridgehead atoms. The highest BCUT2D eigenvalue weighted by molar-refractivity contribution is 9.10. The lowest BCUT2D eigenvalue weighted by Crippen LogP contribution is -2.34. The molecule has 2 N–H and O–H groups in total. The van der Waals surface area contributed by atoms with Gasteiger partial charge in [0.25, 0.3) is 0 Å². The minimum atomic E-state index is -1.33. The number of rotatable bonds is 4. The van der Waals surface area contributed by atoms with Gasteiger partial charge >= 0.3 is 5.97 Å². The predicted octanol–water partition coefficient (Wildman–Crippen LogP) is 0.986. The fourth-order valence-corrected chi connectivity index (χ4v) is 2.99. The van der Waals surface area contributed by atoms with Gasteiger partial charge in [-0.2, -0.15) is 0 Å². The Balaban J connectivity index is 2.23. The Bertz CT molecular complexity index is 1040. The van der Waals surface area contributed by atoms with Crippen LogP contribution in [0.5, 0.6) is 0 Å². The fraction of sp³-hybridized carbons (Fsp3) is 0.0667. The van der Waals surface area contributed by atoms with Gasteiger partial charge in [-0.3, -0.25) is 0 Å². The number of hydrogen-bond donors (Lipinski definition) is 2. The first kappa shape index (κ1) is 18.5. The Labute approximate surface area is 159 Å². The summed E-state index contributed by atoms with van der Waals surface area (Å²) < 4.78 is 31.4. The van der Waals surface area contributed by atoms with Gasteiger partial charge in [-0.15, -0.1) is 0 Å². The number of benzene rings is 2. The molecule has 0 unspecified atom stereocenters. The second kappa shape index (κ2) is 6.46. The Hall–Kier alpha value is -2.29. The van der Waals surface area contributed by atoms with Gasteiger partial charge in [-0.25, -0.2) is 18.6 Å². The Morgan fingerprint density at radius 2 is 1.96 bits per heavy atom. The standard InChI is InChI=1S/C15H13B3BrF2N3O2/c16-15(17,18)24-5-22-13-10(24)4-7(14(25)26)12(11(13)21)23-9-2-1-6(19)3-8(9)20/h1-5,23H,16-18H2,(H,25,26). The van der Waals surface area contributed by atoms with Crippen LogP contribution in [-0.2, 0) is 5.24 Å². The van der Waals surface area contributed by atoms with Crippen molar-refractivity contribution in [1.29, 1.82) is 0 Å². The van der Waals surface area contributed by atoms with E-state index in [1.807, 2.05) is 23.5 Å². The van der Waals surface area contributed by atoms with Crippen LogP contribution in [0.2, 0.25) is 0 Å². The maximum atomic E-state index is 15.1. The van der Waals surface area contributed by atoms with E-state index < -0.39 is 22.8 Å². The molecule has 0 amide bonds. The first-order valence-electron chi connectivity index (χ1n) is 7.75. The number of nitrogens with one attached hydrogen (secondary N) is 1. The van der Waals surface area contributed by atoms with Crippen LogP contribution in [0.25, 0.3) is 11.0 Å². The van der Waals surface area contributed by atoms with E-state index in [2.05, 4.69) is 26.2 Å². The van der Waals surface area contributed by atoms with Crippen LogP contribution in [0.15, 0.2) is 35.1 Å². The van der Waals surface area contributed by atoms with E-state index in [0.717, 1.165) is 0 Å². The molecule has 5 nitrogen and oxygen atoms in total. The molecule has 3 aromatic rings. The molecule has 0 aliphatic heterocycles. The number of carboxylic acid groups (broad SMARTS) is 1. The van der Waals surface area contributed by atoms with Gasteiger partial charge in [0, 0.05) is 4.47 Å². The van der Waals surface area contributed by atoms with Crippen molar-refractivity contribution >= 4 is 67.8 Å². The molecule has 26 heavy (non-hydrogen) atoms. The predicted molar refractivity (Wildman–Crippen MR) is 108 cm³/mol. The maximum Gasteiger partial charge on any atom is 0.338 e. The number of carbonyl (C=O) groups is 1. The molecule has 0 saturated heterocycles. The largest absolute Gasteiger partial charge is 0.478 e. The van der Waals surface area contributed by atoms with Crippen LogP contribution in [0.4, 0.5) is 20.2 Å². The van der Waals surface area contributed by atoms with Crippen LogP contribution < -0.4 is 5.32 Å². The van der Waals surface area contributed by atoms with E-state index in [1.54, 1.807) is 10.6 Å². The molecule has 0 atom stereocenters. The zero-order valence-electron chi connectivity index (χ0n) is 14.3. The van der Waals surface area contributed by atoms with Gasteiger partial charge in [0.1, 0.15) is 34.9 Å². The van der Waals surface area contributed by atoms with Crippen LogP contribution in [0.1, 0.15) is 10.4 Å². The van der Waals surface area contributed by atoms with E-state index in [4.69, 9.17) is 0 Å². The van der Waals surface area contributed by atoms with Crippen molar-refractivity contribution in [2.24, 2.45) is 0 Å². The van der Waals surface area contributed by atoms with Gasteiger partial charge < -0.3 is 15.0 Å². The Morgan fingerprint density at radius 3 is 2.54 bits per heavy atom. The molecule has 0 saturated carbocycles.